The maximum absolute atomic E-state index is 6.08. The molecule has 1 saturated carbocycles. The molecular formula is C17H27NO. The van der Waals surface area contributed by atoms with Crippen molar-refractivity contribution in [2.45, 2.75) is 51.4 Å². The highest BCUT2D eigenvalue weighted by molar-refractivity contribution is 5.33. The van der Waals surface area contributed by atoms with E-state index >= 15 is 0 Å². The molecule has 1 aliphatic rings. The van der Waals surface area contributed by atoms with E-state index in [1.807, 2.05) is 0 Å². The second kappa shape index (κ2) is 6.42. The molecule has 1 aliphatic carbocycles. The zero-order valence-electron chi connectivity index (χ0n) is 12.3. The van der Waals surface area contributed by atoms with Gasteiger partial charge < -0.3 is 10.5 Å². The van der Waals surface area contributed by atoms with Gasteiger partial charge in [-0.2, -0.15) is 0 Å². The minimum absolute atomic E-state index is 0.217. The van der Waals surface area contributed by atoms with Crippen LogP contribution in [0.25, 0.3) is 0 Å². The fourth-order valence-corrected chi connectivity index (χ4v) is 3.01. The molecule has 19 heavy (non-hydrogen) atoms. The summed E-state index contributed by atoms with van der Waals surface area (Å²) in [6, 6.07) is 8.63. The van der Waals surface area contributed by atoms with E-state index in [0.29, 0.717) is 5.92 Å². The fraction of sp³-hybridized carbons (Fsp3) is 0.647. The van der Waals surface area contributed by atoms with Gasteiger partial charge in [0.1, 0.15) is 5.75 Å². The van der Waals surface area contributed by atoms with Crippen molar-refractivity contribution in [3.8, 4) is 5.75 Å². The van der Waals surface area contributed by atoms with Crippen LogP contribution in [-0.2, 0) is 5.41 Å². The number of hydrogen-bond acceptors (Lipinski definition) is 2. The first-order chi connectivity index (χ1) is 9.16. The van der Waals surface area contributed by atoms with E-state index in [9.17, 15) is 0 Å². The molecule has 0 atom stereocenters. The average Bonchev–Trinajstić information content (AvgIpc) is 2.46. The van der Waals surface area contributed by atoms with Gasteiger partial charge in [-0.3, -0.25) is 0 Å². The maximum atomic E-state index is 6.08. The summed E-state index contributed by atoms with van der Waals surface area (Å²) in [5, 5.41) is 0. The van der Waals surface area contributed by atoms with Gasteiger partial charge in [-0.1, -0.05) is 45.2 Å². The van der Waals surface area contributed by atoms with Crippen LogP contribution in [0.2, 0.25) is 0 Å². The standard InChI is InChI=1S/C17H27NO/c1-14(2)12-19-16-8-6-15(7-9-16)17(13-18)10-4-3-5-11-17/h6-9,14H,3-5,10-13,18H2,1-2H3. The molecule has 0 aliphatic heterocycles. The van der Waals surface area contributed by atoms with Crippen LogP contribution in [0.4, 0.5) is 0 Å². The van der Waals surface area contributed by atoms with Crippen molar-refractivity contribution in [1.82, 2.24) is 0 Å². The third-order valence-corrected chi connectivity index (χ3v) is 4.25. The second-order valence-electron chi connectivity index (χ2n) is 6.27. The van der Waals surface area contributed by atoms with Crippen molar-refractivity contribution in [1.29, 1.82) is 0 Å². The molecule has 2 nitrogen and oxygen atoms in total. The van der Waals surface area contributed by atoms with Crippen LogP contribution in [0.5, 0.6) is 5.75 Å². The lowest BCUT2D eigenvalue weighted by Gasteiger charge is -2.36. The van der Waals surface area contributed by atoms with Gasteiger partial charge >= 0.3 is 0 Å². The molecule has 2 heteroatoms. The van der Waals surface area contributed by atoms with Gasteiger partial charge in [0.2, 0.25) is 0 Å². The Labute approximate surface area is 117 Å². The number of nitrogens with two attached hydrogens (primary N) is 1. The van der Waals surface area contributed by atoms with Crippen LogP contribution in [0, 0.1) is 5.92 Å². The lowest BCUT2D eigenvalue weighted by Crippen LogP contribution is -2.37. The van der Waals surface area contributed by atoms with Crippen molar-refractivity contribution < 1.29 is 4.74 Å². The van der Waals surface area contributed by atoms with Crippen LogP contribution in [-0.4, -0.2) is 13.2 Å². The highest BCUT2D eigenvalue weighted by Crippen LogP contribution is 2.39. The summed E-state index contributed by atoms with van der Waals surface area (Å²) < 4.78 is 5.75. The van der Waals surface area contributed by atoms with E-state index in [4.69, 9.17) is 10.5 Å². The first-order valence-electron chi connectivity index (χ1n) is 7.60. The van der Waals surface area contributed by atoms with Gasteiger partial charge in [0.15, 0.2) is 0 Å². The summed E-state index contributed by atoms with van der Waals surface area (Å²) in [5.41, 5.74) is 7.69. The number of ether oxygens (including phenoxy) is 1. The Morgan fingerprint density at radius 1 is 1.11 bits per heavy atom. The molecule has 106 valence electrons. The molecule has 0 aromatic heterocycles. The highest BCUT2D eigenvalue weighted by atomic mass is 16.5. The molecule has 2 rings (SSSR count). The zero-order chi connectivity index (χ0) is 13.7. The zero-order valence-corrected chi connectivity index (χ0v) is 12.3. The molecule has 0 amide bonds. The Bertz CT molecular complexity index is 377. The SMILES string of the molecule is CC(C)COc1ccc(C2(CN)CCCCC2)cc1. The molecule has 0 heterocycles. The van der Waals surface area contributed by atoms with Crippen LogP contribution >= 0.6 is 0 Å². The summed E-state index contributed by atoms with van der Waals surface area (Å²) in [7, 11) is 0. The van der Waals surface area contributed by atoms with Gasteiger partial charge in [-0.05, 0) is 36.5 Å². The first-order valence-corrected chi connectivity index (χ1v) is 7.60. The second-order valence-corrected chi connectivity index (χ2v) is 6.27. The molecule has 2 N–H and O–H groups in total. The van der Waals surface area contributed by atoms with Gasteiger partial charge in [0.05, 0.1) is 6.61 Å². The summed E-state index contributed by atoms with van der Waals surface area (Å²) in [6.07, 6.45) is 6.44. The van der Waals surface area contributed by atoms with Crippen LogP contribution in [0.3, 0.4) is 0 Å². The van der Waals surface area contributed by atoms with Crippen LogP contribution < -0.4 is 10.5 Å². The summed E-state index contributed by atoms with van der Waals surface area (Å²) in [6.45, 7) is 5.88. The van der Waals surface area contributed by atoms with E-state index < -0.39 is 0 Å². The van der Waals surface area contributed by atoms with Gasteiger partial charge in [0.25, 0.3) is 0 Å². The third kappa shape index (κ3) is 3.50. The predicted molar refractivity (Wildman–Crippen MR) is 80.6 cm³/mol. The molecule has 0 radical (unpaired) electrons. The monoisotopic (exact) mass is 261 g/mol. The Balaban J connectivity index is 2.07. The summed E-state index contributed by atoms with van der Waals surface area (Å²) >= 11 is 0. The summed E-state index contributed by atoms with van der Waals surface area (Å²) in [5.74, 6) is 1.54. The Hall–Kier alpha value is -1.02. The Morgan fingerprint density at radius 2 is 1.74 bits per heavy atom. The van der Waals surface area contributed by atoms with E-state index in [1.165, 1.54) is 37.7 Å². The van der Waals surface area contributed by atoms with Crippen LogP contribution in [0.1, 0.15) is 51.5 Å². The smallest absolute Gasteiger partial charge is 0.119 e. The molecule has 1 fully saturated rings. The summed E-state index contributed by atoms with van der Waals surface area (Å²) in [4.78, 5) is 0. The van der Waals surface area contributed by atoms with Crippen LogP contribution in [0.15, 0.2) is 24.3 Å². The molecule has 1 aromatic carbocycles. The maximum Gasteiger partial charge on any atom is 0.119 e. The normalized spacial score (nSPS) is 18.5. The minimum Gasteiger partial charge on any atom is -0.493 e. The number of hydrogen-bond donors (Lipinski definition) is 1. The number of rotatable bonds is 5. The molecule has 0 bridgehead atoms. The van der Waals surface area contributed by atoms with Crippen molar-refractivity contribution >= 4 is 0 Å². The highest BCUT2D eigenvalue weighted by Gasteiger charge is 2.32. The molecule has 0 spiro atoms. The van der Waals surface area contributed by atoms with Crippen molar-refractivity contribution in [3.63, 3.8) is 0 Å². The molecule has 0 unspecified atom stereocenters. The largest absolute Gasteiger partial charge is 0.493 e. The van der Waals surface area contributed by atoms with E-state index in [0.717, 1.165) is 18.9 Å². The lowest BCUT2D eigenvalue weighted by atomic mass is 9.69. The van der Waals surface area contributed by atoms with Crippen molar-refractivity contribution in [2.75, 3.05) is 13.2 Å². The number of benzene rings is 1. The van der Waals surface area contributed by atoms with Crippen molar-refractivity contribution in [3.05, 3.63) is 29.8 Å². The Morgan fingerprint density at radius 3 is 2.26 bits per heavy atom. The third-order valence-electron chi connectivity index (χ3n) is 4.25. The van der Waals surface area contributed by atoms with E-state index in [2.05, 4.69) is 38.1 Å². The van der Waals surface area contributed by atoms with Gasteiger partial charge in [0, 0.05) is 12.0 Å². The van der Waals surface area contributed by atoms with Gasteiger partial charge in [-0.25, -0.2) is 0 Å². The van der Waals surface area contributed by atoms with Crippen molar-refractivity contribution in [2.24, 2.45) is 11.7 Å². The van der Waals surface area contributed by atoms with E-state index in [1.54, 1.807) is 0 Å². The molecular weight excluding hydrogens is 234 g/mol. The van der Waals surface area contributed by atoms with Gasteiger partial charge in [-0.15, -0.1) is 0 Å². The topological polar surface area (TPSA) is 35.2 Å². The first kappa shape index (κ1) is 14.4. The van der Waals surface area contributed by atoms with E-state index in [-0.39, 0.29) is 5.41 Å². The quantitative estimate of drug-likeness (QED) is 0.873. The molecule has 1 aromatic rings. The predicted octanol–water partition coefficient (Wildman–Crippen LogP) is 3.88. The average molecular weight is 261 g/mol. The molecule has 0 saturated heterocycles. The Kier molecular flexibility index (Phi) is 4.87. The minimum atomic E-state index is 0.217. The fourth-order valence-electron chi connectivity index (χ4n) is 3.01. The lowest BCUT2D eigenvalue weighted by molar-refractivity contribution is 0.270.